The highest BCUT2D eigenvalue weighted by atomic mass is 32.2. The summed E-state index contributed by atoms with van der Waals surface area (Å²) in [4.78, 5) is 0. The van der Waals surface area contributed by atoms with Gasteiger partial charge >= 0.3 is 0 Å². The van der Waals surface area contributed by atoms with Crippen LogP contribution in [0.25, 0.3) is 0 Å². The maximum atomic E-state index is 11.4. The highest BCUT2D eigenvalue weighted by Crippen LogP contribution is 2.29. The average molecular weight is 234 g/mol. The SMILES string of the molecule is NNC(C1CCOC1)C1CCS(=O)(=O)C1. The van der Waals surface area contributed by atoms with Crippen LogP contribution < -0.4 is 11.3 Å². The van der Waals surface area contributed by atoms with E-state index in [0.29, 0.717) is 18.3 Å². The predicted molar refractivity (Wildman–Crippen MR) is 56.8 cm³/mol. The molecule has 0 aromatic heterocycles. The first kappa shape index (κ1) is 11.3. The Morgan fingerprint density at radius 1 is 1.33 bits per heavy atom. The van der Waals surface area contributed by atoms with Crippen LogP contribution in [0.3, 0.4) is 0 Å². The van der Waals surface area contributed by atoms with Gasteiger partial charge in [-0.15, -0.1) is 0 Å². The van der Waals surface area contributed by atoms with E-state index in [9.17, 15) is 8.42 Å². The second-order valence-electron chi connectivity index (χ2n) is 4.48. The standard InChI is InChI=1S/C9H18N2O3S/c10-11-9(7-1-3-14-5-7)8-2-4-15(12,13)6-8/h7-9,11H,1-6,10H2. The van der Waals surface area contributed by atoms with Gasteiger partial charge in [0.05, 0.1) is 18.1 Å². The molecule has 3 unspecified atom stereocenters. The van der Waals surface area contributed by atoms with Crippen LogP contribution in [0.1, 0.15) is 12.8 Å². The van der Waals surface area contributed by atoms with Gasteiger partial charge in [0.15, 0.2) is 9.84 Å². The zero-order valence-electron chi connectivity index (χ0n) is 8.69. The van der Waals surface area contributed by atoms with Crippen LogP contribution in [0.5, 0.6) is 0 Å². The zero-order valence-corrected chi connectivity index (χ0v) is 9.50. The van der Waals surface area contributed by atoms with E-state index in [1.54, 1.807) is 0 Å². The summed E-state index contributed by atoms with van der Waals surface area (Å²) in [6, 6.07) is 0.0878. The Bertz CT molecular complexity index is 311. The molecule has 2 fully saturated rings. The first-order valence-corrected chi connectivity index (χ1v) is 7.19. The van der Waals surface area contributed by atoms with Gasteiger partial charge in [-0.05, 0) is 18.8 Å². The molecule has 0 amide bonds. The molecule has 6 heteroatoms. The number of nitrogens with two attached hydrogens (primary N) is 1. The summed E-state index contributed by atoms with van der Waals surface area (Å²) in [6.45, 7) is 1.47. The molecule has 88 valence electrons. The smallest absolute Gasteiger partial charge is 0.150 e. The van der Waals surface area contributed by atoms with E-state index in [1.165, 1.54) is 0 Å². The van der Waals surface area contributed by atoms with Gasteiger partial charge in [0.1, 0.15) is 0 Å². The maximum absolute atomic E-state index is 11.4. The van der Waals surface area contributed by atoms with Gasteiger partial charge in [-0.3, -0.25) is 11.3 Å². The molecule has 2 aliphatic heterocycles. The summed E-state index contributed by atoms with van der Waals surface area (Å²) in [7, 11) is -2.82. The third-order valence-corrected chi connectivity index (χ3v) is 5.23. The number of hydrogen-bond acceptors (Lipinski definition) is 5. The molecular weight excluding hydrogens is 216 g/mol. The van der Waals surface area contributed by atoms with E-state index in [2.05, 4.69) is 5.43 Å². The van der Waals surface area contributed by atoms with Crippen molar-refractivity contribution in [1.29, 1.82) is 0 Å². The van der Waals surface area contributed by atoms with Crippen molar-refractivity contribution in [1.82, 2.24) is 5.43 Å². The van der Waals surface area contributed by atoms with Crippen molar-refractivity contribution in [3.05, 3.63) is 0 Å². The van der Waals surface area contributed by atoms with E-state index in [4.69, 9.17) is 10.6 Å². The van der Waals surface area contributed by atoms with E-state index >= 15 is 0 Å². The molecule has 15 heavy (non-hydrogen) atoms. The third kappa shape index (κ3) is 2.50. The van der Waals surface area contributed by atoms with Gasteiger partial charge in [0, 0.05) is 18.6 Å². The summed E-state index contributed by atoms with van der Waals surface area (Å²) < 4.78 is 28.1. The van der Waals surface area contributed by atoms with Gasteiger partial charge in [-0.25, -0.2) is 8.42 Å². The summed E-state index contributed by atoms with van der Waals surface area (Å²) in [6.07, 6.45) is 1.71. The Morgan fingerprint density at radius 2 is 2.13 bits per heavy atom. The highest BCUT2D eigenvalue weighted by Gasteiger charge is 2.38. The molecule has 0 aromatic carbocycles. The van der Waals surface area contributed by atoms with Crippen LogP contribution in [0.2, 0.25) is 0 Å². The van der Waals surface area contributed by atoms with Gasteiger partial charge in [0.25, 0.3) is 0 Å². The van der Waals surface area contributed by atoms with Gasteiger partial charge in [-0.2, -0.15) is 0 Å². The van der Waals surface area contributed by atoms with E-state index in [-0.39, 0.29) is 17.7 Å². The van der Waals surface area contributed by atoms with Crippen LogP contribution in [0, 0.1) is 11.8 Å². The number of ether oxygens (including phenoxy) is 1. The van der Waals surface area contributed by atoms with Crippen molar-refractivity contribution in [3.63, 3.8) is 0 Å². The van der Waals surface area contributed by atoms with Gasteiger partial charge < -0.3 is 4.74 Å². The minimum atomic E-state index is -2.82. The van der Waals surface area contributed by atoms with Crippen LogP contribution >= 0.6 is 0 Å². The molecule has 2 saturated heterocycles. The minimum absolute atomic E-state index is 0.0878. The molecule has 2 aliphatic rings. The number of hydrogen-bond donors (Lipinski definition) is 2. The summed E-state index contributed by atoms with van der Waals surface area (Å²) in [5, 5.41) is 0. The molecule has 5 nitrogen and oxygen atoms in total. The Morgan fingerprint density at radius 3 is 2.60 bits per heavy atom. The summed E-state index contributed by atoms with van der Waals surface area (Å²) >= 11 is 0. The first-order valence-electron chi connectivity index (χ1n) is 5.37. The normalized spacial score (nSPS) is 36.9. The fraction of sp³-hybridized carbons (Fsp3) is 1.00. The second-order valence-corrected chi connectivity index (χ2v) is 6.71. The number of rotatable bonds is 3. The average Bonchev–Trinajstić information content (AvgIpc) is 2.77. The quantitative estimate of drug-likeness (QED) is 0.498. The monoisotopic (exact) mass is 234 g/mol. The lowest BCUT2D eigenvalue weighted by atomic mass is 9.88. The van der Waals surface area contributed by atoms with Crippen molar-refractivity contribution in [2.75, 3.05) is 24.7 Å². The Balaban J connectivity index is 2.01. The first-order chi connectivity index (χ1) is 7.12. The van der Waals surface area contributed by atoms with Crippen LogP contribution in [-0.4, -0.2) is 39.2 Å². The van der Waals surface area contributed by atoms with Crippen molar-refractivity contribution in [2.24, 2.45) is 17.7 Å². The fourth-order valence-electron chi connectivity index (χ4n) is 2.60. The molecule has 0 aliphatic carbocycles. The van der Waals surface area contributed by atoms with Crippen LogP contribution in [0.15, 0.2) is 0 Å². The Kier molecular flexibility index (Phi) is 3.30. The molecule has 0 aromatic rings. The van der Waals surface area contributed by atoms with Crippen molar-refractivity contribution in [3.8, 4) is 0 Å². The zero-order chi connectivity index (χ0) is 10.9. The molecule has 0 spiro atoms. The molecular formula is C9H18N2O3S. The molecule has 2 rings (SSSR count). The lowest BCUT2D eigenvalue weighted by Crippen LogP contribution is -2.46. The maximum Gasteiger partial charge on any atom is 0.150 e. The molecule has 0 radical (unpaired) electrons. The molecule has 2 heterocycles. The third-order valence-electron chi connectivity index (χ3n) is 3.44. The van der Waals surface area contributed by atoms with Crippen molar-refractivity contribution < 1.29 is 13.2 Å². The van der Waals surface area contributed by atoms with E-state index in [0.717, 1.165) is 19.4 Å². The molecule has 0 bridgehead atoms. The van der Waals surface area contributed by atoms with Gasteiger partial charge in [0.2, 0.25) is 0 Å². The fourth-order valence-corrected chi connectivity index (χ4v) is 4.45. The van der Waals surface area contributed by atoms with Crippen molar-refractivity contribution in [2.45, 2.75) is 18.9 Å². The highest BCUT2D eigenvalue weighted by molar-refractivity contribution is 7.91. The number of sulfone groups is 1. The molecule has 3 atom stereocenters. The lowest BCUT2D eigenvalue weighted by Gasteiger charge is -2.26. The Labute approximate surface area is 90.2 Å². The van der Waals surface area contributed by atoms with Gasteiger partial charge in [-0.1, -0.05) is 0 Å². The number of hydrazine groups is 1. The summed E-state index contributed by atoms with van der Waals surface area (Å²) in [5.41, 5.74) is 2.78. The Hall–Kier alpha value is -0.170. The lowest BCUT2D eigenvalue weighted by molar-refractivity contribution is 0.167. The van der Waals surface area contributed by atoms with Crippen LogP contribution in [0.4, 0.5) is 0 Å². The summed E-state index contributed by atoms with van der Waals surface area (Å²) in [5.74, 6) is 6.63. The minimum Gasteiger partial charge on any atom is -0.381 e. The molecule has 3 N–H and O–H groups in total. The second kappa shape index (κ2) is 4.37. The number of nitrogens with one attached hydrogen (secondary N) is 1. The molecule has 0 saturated carbocycles. The van der Waals surface area contributed by atoms with E-state index in [1.807, 2.05) is 0 Å². The van der Waals surface area contributed by atoms with Crippen molar-refractivity contribution >= 4 is 9.84 Å². The van der Waals surface area contributed by atoms with E-state index < -0.39 is 9.84 Å². The predicted octanol–water partition coefficient (Wildman–Crippen LogP) is -0.710. The largest absolute Gasteiger partial charge is 0.381 e. The topological polar surface area (TPSA) is 81.4 Å². The van der Waals surface area contributed by atoms with Crippen LogP contribution in [-0.2, 0) is 14.6 Å².